The summed E-state index contributed by atoms with van der Waals surface area (Å²) in [7, 11) is 0. The third kappa shape index (κ3) is 6.00. The molecule has 2 rings (SSSR count). The number of hydrogen-bond acceptors (Lipinski definition) is 2. The number of thiophene rings is 1. The van der Waals surface area contributed by atoms with Crippen LogP contribution in [0.5, 0.6) is 0 Å². The monoisotopic (exact) mass is 301 g/mol. The number of nitrogens with one attached hydrogen (secondary N) is 2. The van der Waals surface area contributed by atoms with Crippen LogP contribution in [0.25, 0.3) is 0 Å². The fourth-order valence-corrected chi connectivity index (χ4v) is 2.67. The molecule has 0 aliphatic carbocycles. The van der Waals surface area contributed by atoms with Crippen molar-refractivity contribution in [2.24, 2.45) is 4.99 Å². The largest absolute Gasteiger partial charge is 0.357 e. The molecular formula is C17H23N3S. The summed E-state index contributed by atoms with van der Waals surface area (Å²) in [6, 6.07) is 14.8. The van der Waals surface area contributed by atoms with Crippen LogP contribution in [-0.4, -0.2) is 19.0 Å². The number of aliphatic imine (C=N–C) groups is 1. The van der Waals surface area contributed by atoms with Crippen LogP contribution < -0.4 is 10.6 Å². The van der Waals surface area contributed by atoms with Crippen LogP contribution in [0.4, 0.5) is 0 Å². The van der Waals surface area contributed by atoms with Crippen LogP contribution in [0.1, 0.15) is 23.8 Å². The summed E-state index contributed by atoms with van der Waals surface area (Å²) in [5, 5.41) is 8.77. The van der Waals surface area contributed by atoms with E-state index in [9.17, 15) is 0 Å². The third-order valence-electron chi connectivity index (χ3n) is 3.09. The standard InChI is InChI=1S/C17H23N3S/c1-2-18-17(20-14-16-11-7-13-21-16)19-12-6-10-15-8-4-3-5-9-15/h3-5,7-9,11,13H,2,6,10,12,14H2,1H3,(H2,18,19,20). The first-order valence-electron chi connectivity index (χ1n) is 7.47. The molecule has 0 saturated heterocycles. The lowest BCUT2D eigenvalue weighted by atomic mass is 10.1. The molecule has 0 aliphatic rings. The fourth-order valence-electron chi connectivity index (χ4n) is 2.05. The van der Waals surface area contributed by atoms with Gasteiger partial charge in [-0.2, -0.15) is 0 Å². The first-order chi connectivity index (χ1) is 10.4. The van der Waals surface area contributed by atoms with E-state index >= 15 is 0 Å². The maximum Gasteiger partial charge on any atom is 0.191 e. The fraction of sp³-hybridized carbons (Fsp3) is 0.353. The SMILES string of the molecule is CCNC(=NCc1cccs1)NCCCc1ccccc1. The minimum atomic E-state index is 0.742. The average Bonchev–Trinajstić information content (AvgIpc) is 3.03. The van der Waals surface area contributed by atoms with E-state index in [2.05, 4.69) is 70.4 Å². The molecular weight excluding hydrogens is 278 g/mol. The molecule has 112 valence electrons. The zero-order valence-electron chi connectivity index (χ0n) is 12.5. The van der Waals surface area contributed by atoms with E-state index in [1.807, 2.05) is 0 Å². The number of nitrogens with zero attached hydrogens (tertiary/aromatic N) is 1. The second kappa shape index (κ2) is 9.19. The van der Waals surface area contributed by atoms with Crippen molar-refractivity contribution in [2.45, 2.75) is 26.3 Å². The van der Waals surface area contributed by atoms with Crippen molar-refractivity contribution in [2.75, 3.05) is 13.1 Å². The molecule has 1 heterocycles. The van der Waals surface area contributed by atoms with Crippen LogP contribution in [0.15, 0.2) is 52.8 Å². The minimum absolute atomic E-state index is 0.742. The van der Waals surface area contributed by atoms with Gasteiger partial charge in [0.05, 0.1) is 6.54 Å². The maximum atomic E-state index is 4.61. The molecule has 0 radical (unpaired) electrons. The summed E-state index contributed by atoms with van der Waals surface area (Å²) < 4.78 is 0. The Morgan fingerprint density at radius 1 is 1.10 bits per heavy atom. The van der Waals surface area contributed by atoms with Crippen LogP contribution >= 0.6 is 11.3 Å². The van der Waals surface area contributed by atoms with Crippen LogP contribution in [0.3, 0.4) is 0 Å². The Balaban J connectivity index is 1.73. The predicted octanol–water partition coefficient (Wildman–Crippen LogP) is 3.44. The van der Waals surface area contributed by atoms with Gasteiger partial charge >= 0.3 is 0 Å². The first kappa shape index (κ1) is 15.6. The molecule has 1 aromatic heterocycles. The Kier molecular flexibility index (Phi) is 6.81. The van der Waals surface area contributed by atoms with E-state index in [0.717, 1.165) is 38.4 Å². The second-order valence-electron chi connectivity index (χ2n) is 4.79. The Labute approximate surface area is 131 Å². The Hall–Kier alpha value is -1.81. The molecule has 0 spiro atoms. The molecule has 2 aromatic rings. The summed E-state index contributed by atoms with van der Waals surface area (Å²) in [6.07, 6.45) is 2.20. The zero-order chi connectivity index (χ0) is 14.8. The van der Waals surface area contributed by atoms with Gasteiger partial charge in [0, 0.05) is 18.0 Å². The molecule has 0 saturated carbocycles. The number of benzene rings is 1. The number of guanidine groups is 1. The van der Waals surface area contributed by atoms with Crippen LogP contribution in [0.2, 0.25) is 0 Å². The van der Waals surface area contributed by atoms with Crippen molar-refractivity contribution in [3.63, 3.8) is 0 Å². The second-order valence-corrected chi connectivity index (χ2v) is 5.82. The summed E-state index contributed by atoms with van der Waals surface area (Å²) in [5.74, 6) is 0.902. The highest BCUT2D eigenvalue weighted by Crippen LogP contribution is 2.09. The van der Waals surface area contributed by atoms with Crippen molar-refractivity contribution < 1.29 is 0 Å². The molecule has 0 atom stereocenters. The van der Waals surface area contributed by atoms with E-state index < -0.39 is 0 Å². The molecule has 0 unspecified atom stereocenters. The lowest BCUT2D eigenvalue weighted by molar-refractivity contribution is 0.744. The highest BCUT2D eigenvalue weighted by Gasteiger charge is 1.98. The molecule has 2 N–H and O–H groups in total. The Morgan fingerprint density at radius 3 is 2.67 bits per heavy atom. The van der Waals surface area contributed by atoms with Gasteiger partial charge in [-0.1, -0.05) is 36.4 Å². The first-order valence-corrected chi connectivity index (χ1v) is 8.35. The van der Waals surface area contributed by atoms with E-state index in [4.69, 9.17) is 0 Å². The summed E-state index contributed by atoms with van der Waals surface area (Å²) in [4.78, 5) is 5.89. The van der Waals surface area contributed by atoms with Crippen molar-refractivity contribution in [3.05, 3.63) is 58.3 Å². The minimum Gasteiger partial charge on any atom is -0.357 e. The molecule has 4 heteroatoms. The molecule has 0 aliphatic heterocycles. The van der Waals surface area contributed by atoms with Crippen LogP contribution in [0, 0.1) is 0 Å². The third-order valence-corrected chi connectivity index (χ3v) is 3.96. The average molecular weight is 301 g/mol. The van der Waals surface area contributed by atoms with Gasteiger partial charge in [0.2, 0.25) is 0 Å². The van der Waals surface area contributed by atoms with E-state index in [1.165, 1.54) is 10.4 Å². The highest BCUT2D eigenvalue weighted by molar-refractivity contribution is 7.09. The van der Waals surface area contributed by atoms with Crippen molar-refractivity contribution in [1.82, 2.24) is 10.6 Å². The summed E-state index contributed by atoms with van der Waals surface area (Å²) in [6.45, 7) is 4.65. The van der Waals surface area contributed by atoms with Crippen molar-refractivity contribution in [3.8, 4) is 0 Å². The number of rotatable bonds is 7. The van der Waals surface area contributed by atoms with Gasteiger partial charge in [0.1, 0.15) is 0 Å². The quantitative estimate of drug-likeness (QED) is 0.467. The zero-order valence-corrected chi connectivity index (χ0v) is 13.3. The van der Waals surface area contributed by atoms with Gasteiger partial charge < -0.3 is 10.6 Å². The molecule has 3 nitrogen and oxygen atoms in total. The van der Waals surface area contributed by atoms with Crippen molar-refractivity contribution >= 4 is 17.3 Å². The number of hydrogen-bond donors (Lipinski definition) is 2. The molecule has 21 heavy (non-hydrogen) atoms. The smallest absolute Gasteiger partial charge is 0.191 e. The van der Waals surface area contributed by atoms with E-state index in [0.29, 0.717) is 0 Å². The topological polar surface area (TPSA) is 36.4 Å². The lowest BCUT2D eigenvalue weighted by Gasteiger charge is -2.11. The van der Waals surface area contributed by atoms with Gasteiger partial charge in [0.25, 0.3) is 0 Å². The number of aryl methyl sites for hydroxylation is 1. The summed E-state index contributed by atoms with van der Waals surface area (Å²) in [5.41, 5.74) is 1.39. The highest BCUT2D eigenvalue weighted by atomic mass is 32.1. The van der Waals surface area contributed by atoms with Crippen molar-refractivity contribution in [1.29, 1.82) is 0 Å². The van der Waals surface area contributed by atoms with E-state index in [1.54, 1.807) is 11.3 Å². The Morgan fingerprint density at radius 2 is 1.95 bits per heavy atom. The molecule has 0 amide bonds. The van der Waals surface area contributed by atoms with Gasteiger partial charge in [-0.15, -0.1) is 11.3 Å². The Bertz CT molecular complexity index is 520. The molecule has 0 fully saturated rings. The van der Waals surface area contributed by atoms with Gasteiger partial charge in [0.15, 0.2) is 5.96 Å². The van der Waals surface area contributed by atoms with Gasteiger partial charge in [-0.25, -0.2) is 4.99 Å². The van der Waals surface area contributed by atoms with E-state index in [-0.39, 0.29) is 0 Å². The van der Waals surface area contributed by atoms with Gasteiger partial charge in [-0.3, -0.25) is 0 Å². The van der Waals surface area contributed by atoms with Crippen LogP contribution in [-0.2, 0) is 13.0 Å². The molecule has 0 bridgehead atoms. The lowest BCUT2D eigenvalue weighted by Crippen LogP contribution is -2.37. The predicted molar refractivity (Wildman–Crippen MR) is 91.9 cm³/mol. The molecule has 1 aromatic carbocycles. The summed E-state index contributed by atoms with van der Waals surface area (Å²) >= 11 is 1.75. The maximum absolute atomic E-state index is 4.61. The van der Waals surface area contributed by atoms with Gasteiger partial charge in [-0.05, 0) is 36.8 Å². The normalized spacial score (nSPS) is 11.4.